The standard InChI is InChI=1S/C27H24BrN3O5/c1-3-35-23-15-18(13-21-26(33)30-31(27(21)34)20-7-5-4-6-8-20)14-22(28)25(23)36-16-24(32)29-19-11-9-17(2)10-12-19/h4-15H,3,16H2,1-2H3,(H,29,32)(H,30,33)/b21-13-. The molecule has 3 aromatic rings. The Morgan fingerprint density at radius 2 is 1.78 bits per heavy atom. The summed E-state index contributed by atoms with van der Waals surface area (Å²) in [5.74, 6) is -0.591. The van der Waals surface area contributed by atoms with Crippen LogP contribution >= 0.6 is 15.9 Å². The van der Waals surface area contributed by atoms with E-state index in [1.54, 1.807) is 36.4 Å². The van der Waals surface area contributed by atoms with Crippen molar-refractivity contribution in [3.05, 3.63) is 87.9 Å². The Hall–Kier alpha value is -4.11. The Bertz CT molecular complexity index is 1320. The number of aryl methyl sites for hydroxylation is 1. The van der Waals surface area contributed by atoms with Crippen LogP contribution in [-0.4, -0.2) is 30.9 Å². The highest BCUT2D eigenvalue weighted by atomic mass is 79.9. The molecule has 184 valence electrons. The smallest absolute Gasteiger partial charge is 0.282 e. The van der Waals surface area contributed by atoms with Crippen molar-refractivity contribution in [2.75, 3.05) is 23.5 Å². The summed E-state index contributed by atoms with van der Waals surface area (Å²) >= 11 is 3.46. The summed E-state index contributed by atoms with van der Waals surface area (Å²) in [6, 6.07) is 19.6. The van der Waals surface area contributed by atoms with E-state index in [-0.39, 0.29) is 18.1 Å². The molecule has 1 heterocycles. The number of nitrogens with zero attached hydrogens (tertiary/aromatic N) is 1. The lowest BCUT2D eigenvalue weighted by Crippen LogP contribution is -2.35. The number of carbonyl (C=O) groups excluding carboxylic acids is 3. The molecule has 3 amide bonds. The fourth-order valence-electron chi connectivity index (χ4n) is 3.53. The molecular weight excluding hydrogens is 526 g/mol. The van der Waals surface area contributed by atoms with Gasteiger partial charge in [-0.05, 0) is 77.8 Å². The van der Waals surface area contributed by atoms with Crippen LogP contribution < -0.4 is 25.2 Å². The van der Waals surface area contributed by atoms with Gasteiger partial charge < -0.3 is 14.8 Å². The van der Waals surface area contributed by atoms with Gasteiger partial charge in [-0.15, -0.1) is 0 Å². The zero-order valence-corrected chi connectivity index (χ0v) is 21.3. The molecule has 0 unspecified atom stereocenters. The summed E-state index contributed by atoms with van der Waals surface area (Å²) < 4.78 is 12.0. The Labute approximate surface area is 217 Å². The van der Waals surface area contributed by atoms with E-state index in [1.165, 1.54) is 11.1 Å². The van der Waals surface area contributed by atoms with E-state index in [0.717, 1.165) is 5.56 Å². The van der Waals surface area contributed by atoms with Crippen LogP contribution in [0, 0.1) is 6.92 Å². The van der Waals surface area contributed by atoms with Gasteiger partial charge in [-0.3, -0.25) is 19.8 Å². The second-order valence-corrected chi connectivity index (χ2v) is 8.80. The van der Waals surface area contributed by atoms with E-state index in [2.05, 4.69) is 26.7 Å². The van der Waals surface area contributed by atoms with E-state index in [9.17, 15) is 14.4 Å². The number of hydrazine groups is 1. The molecule has 3 aromatic carbocycles. The first kappa shape index (κ1) is 25.0. The molecule has 0 aliphatic carbocycles. The van der Waals surface area contributed by atoms with Crippen LogP contribution in [0.1, 0.15) is 18.1 Å². The number of rotatable bonds is 8. The molecule has 0 spiro atoms. The predicted molar refractivity (Wildman–Crippen MR) is 141 cm³/mol. The highest BCUT2D eigenvalue weighted by Gasteiger charge is 2.34. The third kappa shape index (κ3) is 5.75. The molecule has 1 aliphatic rings. The maximum Gasteiger partial charge on any atom is 0.282 e. The summed E-state index contributed by atoms with van der Waals surface area (Å²) in [4.78, 5) is 37.8. The molecule has 2 N–H and O–H groups in total. The Morgan fingerprint density at radius 3 is 2.47 bits per heavy atom. The van der Waals surface area contributed by atoms with Gasteiger partial charge in [0.15, 0.2) is 18.1 Å². The van der Waals surface area contributed by atoms with Crippen LogP contribution in [0.5, 0.6) is 11.5 Å². The van der Waals surface area contributed by atoms with Gasteiger partial charge in [-0.25, -0.2) is 5.01 Å². The molecule has 0 bridgehead atoms. The molecule has 8 nitrogen and oxygen atoms in total. The molecule has 1 saturated heterocycles. The van der Waals surface area contributed by atoms with Crippen molar-refractivity contribution in [1.82, 2.24) is 5.43 Å². The lowest BCUT2D eigenvalue weighted by atomic mass is 10.1. The third-order valence-corrected chi connectivity index (χ3v) is 5.82. The van der Waals surface area contributed by atoms with Crippen molar-refractivity contribution in [3.63, 3.8) is 0 Å². The molecule has 0 saturated carbocycles. The first-order valence-corrected chi connectivity index (χ1v) is 12.0. The molecule has 0 radical (unpaired) electrons. The minimum atomic E-state index is -0.508. The predicted octanol–water partition coefficient (Wildman–Crippen LogP) is 4.64. The van der Waals surface area contributed by atoms with Gasteiger partial charge in [0.2, 0.25) is 0 Å². The zero-order chi connectivity index (χ0) is 25.7. The monoisotopic (exact) mass is 549 g/mol. The summed E-state index contributed by atoms with van der Waals surface area (Å²) in [5.41, 5.74) is 5.43. The Balaban J connectivity index is 1.52. The quantitative estimate of drug-likeness (QED) is 0.315. The van der Waals surface area contributed by atoms with Gasteiger partial charge in [-0.2, -0.15) is 0 Å². The average Bonchev–Trinajstić information content (AvgIpc) is 3.14. The topological polar surface area (TPSA) is 97.0 Å². The molecule has 0 atom stereocenters. The van der Waals surface area contributed by atoms with Crippen LogP contribution in [0.15, 0.2) is 76.8 Å². The van der Waals surface area contributed by atoms with Crippen molar-refractivity contribution in [1.29, 1.82) is 0 Å². The van der Waals surface area contributed by atoms with Gasteiger partial charge in [0.25, 0.3) is 17.7 Å². The summed E-state index contributed by atoms with van der Waals surface area (Å²) in [6.07, 6.45) is 1.49. The number of para-hydroxylation sites is 1. The van der Waals surface area contributed by atoms with Gasteiger partial charge in [0, 0.05) is 5.69 Å². The molecular formula is C27H24BrN3O5. The van der Waals surface area contributed by atoms with Crippen molar-refractivity contribution in [3.8, 4) is 11.5 Å². The maximum atomic E-state index is 12.9. The zero-order valence-electron chi connectivity index (χ0n) is 19.7. The van der Waals surface area contributed by atoms with Gasteiger partial charge >= 0.3 is 0 Å². The number of amides is 3. The minimum Gasteiger partial charge on any atom is -0.490 e. The summed E-state index contributed by atoms with van der Waals surface area (Å²) in [5, 5.41) is 3.99. The maximum absolute atomic E-state index is 12.9. The fraction of sp³-hybridized carbons (Fsp3) is 0.148. The van der Waals surface area contributed by atoms with Crippen molar-refractivity contribution >= 4 is 51.1 Å². The molecule has 36 heavy (non-hydrogen) atoms. The first-order chi connectivity index (χ1) is 17.4. The van der Waals surface area contributed by atoms with E-state index in [0.29, 0.717) is 39.5 Å². The van der Waals surface area contributed by atoms with Gasteiger partial charge in [0.05, 0.1) is 16.8 Å². The van der Waals surface area contributed by atoms with Crippen LogP contribution in [0.25, 0.3) is 6.08 Å². The fourth-order valence-corrected chi connectivity index (χ4v) is 4.10. The summed E-state index contributed by atoms with van der Waals surface area (Å²) in [7, 11) is 0. The lowest BCUT2D eigenvalue weighted by Gasteiger charge is -2.15. The van der Waals surface area contributed by atoms with E-state index >= 15 is 0 Å². The normalized spacial score (nSPS) is 14.1. The van der Waals surface area contributed by atoms with Crippen LogP contribution in [0.4, 0.5) is 11.4 Å². The van der Waals surface area contributed by atoms with Crippen molar-refractivity contribution in [2.45, 2.75) is 13.8 Å². The number of hydrogen-bond donors (Lipinski definition) is 2. The lowest BCUT2D eigenvalue weighted by molar-refractivity contribution is -0.118. The van der Waals surface area contributed by atoms with Gasteiger partial charge in [0.1, 0.15) is 5.57 Å². The van der Waals surface area contributed by atoms with E-state index in [4.69, 9.17) is 9.47 Å². The van der Waals surface area contributed by atoms with Crippen LogP contribution in [0.2, 0.25) is 0 Å². The highest BCUT2D eigenvalue weighted by molar-refractivity contribution is 9.10. The number of ether oxygens (including phenoxy) is 2. The minimum absolute atomic E-state index is 0.0145. The number of anilines is 2. The first-order valence-electron chi connectivity index (χ1n) is 11.2. The summed E-state index contributed by atoms with van der Waals surface area (Å²) in [6.45, 7) is 3.90. The van der Waals surface area contributed by atoms with E-state index in [1.807, 2.05) is 44.2 Å². The number of benzene rings is 3. The van der Waals surface area contributed by atoms with Gasteiger partial charge in [-0.1, -0.05) is 35.9 Å². The van der Waals surface area contributed by atoms with Crippen molar-refractivity contribution < 1.29 is 23.9 Å². The number of carbonyl (C=O) groups is 3. The Kier molecular flexibility index (Phi) is 7.70. The number of nitrogens with one attached hydrogen (secondary N) is 2. The molecule has 9 heteroatoms. The molecule has 4 rings (SSSR count). The second-order valence-electron chi connectivity index (χ2n) is 7.94. The van der Waals surface area contributed by atoms with Crippen LogP contribution in [-0.2, 0) is 14.4 Å². The number of hydrogen-bond acceptors (Lipinski definition) is 5. The molecule has 0 aromatic heterocycles. The second kappa shape index (κ2) is 11.1. The SMILES string of the molecule is CCOc1cc(/C=C2/C(=O)NN(c3ccccc3)C2=O)cc(Br)c1OCC(=O)Nc1ccc(C)cc1. The van der Waals surface area contributed by atoms with Crippen LogP contribution in [0.3, 0.4) is 0 Å². The third-order valence-electron chi connectivity index (χ3n) is 5.23. The molecule has 1 aliphatic heterocycles. The number of halogens is 1. The Morgan fingerprint density at radius 1 is 1.06 bits per heavy atom. The highest BCUT2D eigenvalue weighted by Crippen LogP contribution is 2.38. The molecule has 1 fully saturated rings. The van der Waals surface area contributed by atoms with E-state index < -0.39 is 11.8 Å². The average molecular weight is 550 g/mol. The van der Waals surface area contributed by atoms with Crippen molar-refractivity contribution in [2.24, 2.45) is 0 Å². The largest absolute Gasteiger partial charge is 0.490 e.